The van der Waals surface area contributed by atoms with Gasteiger partial charge in [-0.2, -0.15) is 5.26 Å². The Hall–Kier alpha value is -1.77. The Morgan fingerprint density at radius 1 is 1.17 bits per heavy atom. The van der Waals surface area contributed by atoms with Gasteiger partial charge >= 0.3 is 0 Å². The lowest BCUT2D eigenvalue weighted by Gasteiger charge is -2.25. The molecule has 2 aliphatic rings. The summed E-state index contributed by atoms with van der Waals surface area (Å²) in [6.45, 7) is 1.03. The minimum Gasteiger partial charge on any atom is -0.356 e. The molecule has 0 aromatic heterocycles. The highest BCUT2D eigenvalue weighted by Gasteiger charge is 2.28. The maximum absolute atomic E-state index is 11.8. The highest BCUT2D eigenvalue weighted by Crippen LogP contribution is 2.25. The monoisotopic (exact) mass is 333 g/mol. The Kier molecular flexibility index (Phi) is 7.36. The number of aliphatic imine (C=N–C) groups is 1. The molecule has 0 saturated heterocycles. The molecule has 6 heteroatoms. The van der Waals surface area contributed by atoms with Crippen molar-refractivity contribution in [1.29, 1.82) is 5.26 Å². The molecule has 2 saturated carbocycles. The van der Waals surface area contributed by atoms with Gasteiger partial charge in [-0.15, -0.1) is 0 Å². The Balaban J connectivity index is 1.93. The number of nitrogens with one attached hydrogen (secondary N) is 2. The minimum atomic E-state index is -0.0166. The van der Waals surface area contributed by atoms with Crippen LogP contribution in [0.3, 0.4) is 0 Å². The standard InChI is InChI=1S/C18H31N5O/c1-23(2)17(24)13-21-18(20-12-14-7-4-3-5-8-14)22-16-10-6-9-15(16)11-19/h14-16H,3-10,12-13H2,1-2H3,(H2,20,21,22). The van der Waals surface area contributed by atoms with E-state index in [9.17, 15) is 10.1 Å². The van der Waals surface area contributed by atoms with E-state index in [0.717, 1.165) is 25.8 Å². The summed E-state index contributed by atoms with van der Waals surface area (Å²) < 4.78 is 0. The van der Waals surface area contributed by atoms with Gasteiger partial charge in [0.05, 0.1) is 12.0 Å². The molecule has 24 heavy (non-hydrogen) atoms. The first-order valence-electron chi connectivity index (χ1n) is 9.24. The quantitative estimate of drug-likeness (QED) is 0.595. The fourth-order valence-corrected chi connectivity index (χ4v) is 3.54. The van der Waals surface area contributed by atoms with Crippen LogP contribution in [0.1, 0.15) is 51.4 Å². The summed E-state index contributed by atoms with van der Waals surface area (Å²) in [6, 6.07) is 2.53. The Bertz CT molecular complexity index is 476. The molecule has 2 atom stereocenters. The van der Waals surface area contributed by atoms with E-state index in [1.54, 1.807) is 19.0 Å². The molecule has 2 unspecified atom stereocenters. The second-order valence-electron chi connectivity index (χ2n) is 7.26. The molecule has 134 valence electrons. The highest BCUT2D eigenvalue weighted by molar-refractivity contribution is 5.85. The molecule has 2 rings (SSSR count). The van der Waals surface area contributed by atoms with Crippen molar-refractivity contribution in [3.63, 3.8) is 0 Å². The summed E-state index contributed by atoms with van der Waals surface area (Å²) in [5.74, 6) is 1.39. The van der Waals surface area contributed by atoms with Crippen LogP contribution in [0.5, 0.6) is 0 Å². The first-order valence-corrected chi connectivity index (χ1v) is 9.24. The third-order valence-corrected chi connectivity index (χ3v) is 5.16. The highest BCUT2D eigenvalue weighted by atomic mass is 16.2. The molecular weight excluding hydrogens is 302 g/mol. The van der Waals surface area contributed by atoms with Crippen molar-refractivity contribution in [2.45, 2.75) is 57.4 Å². The van der Waals surface area contributed by atoms with Gasteiger partial charge < -0.3 is 15.5 Å². The van der Waals surface area contributed by atoms with Crippen molar-refractivity contribution in [1.82, 2.24) is 15.5 Å². The summed E-state index contributed by atoms with van der Waals surface area (Å²) in [7, 11) is 3.48. The lowest BCUT2D eigenvalue weighted by molar-refractivity contribution is -0.127. The van der Waals surface area contributed by atoms with Crippen LogP contribution in [0, 0.1) is 23.2 Å². The fourth-order valence-electron chi connectivity index (χ4n) is 3.54. The van der Waals surface area contributed by atoms with Crippen LogP contribution in [-0.2, 0) is 4.79 Å². The van der Waals surface area contributed by atoms with Crippen molar-refractivity contribution in [3.8, 4) is 6.07 Å². The van der Waals surface area contributed by atoms with E-state index in [2.05, 4.69) is 21.7 Å². The number of guanidine groups is 1. The third-order valence-electron chi connectivity index (χ3n) is 5.16. The van der Waals surface area contributed by atoms with E-state index >= 15 is 0 Å². The Morgan fingerprint density at radius 3 is 2.58 bits per heavy atom. The average molecular weight is 333 g/mol. The van der Waals surface area contributed by atoms with Crippen LogP contribution >= 0.6 is 0 Å². The van der Waals surface area contributed by atoms with Crippen molar-refractivity contribution < 1.29 is 4.79 Å². The topological polar surface area (TPSA) is 80.5 Å². The number of likely N-dealkylation sites (N-methyl/N-ethyl adjacent to an activating group) is 1. The van der Waals surface area contributed by atoms with Crippen molar-refractivity contribution >= 4 is 11.9 Å². The van der Waals surface area contributed by atoms with Crippen LogP contribution in [0.2, 0.25) is 0 Å². The van der Waals surface area contributed by atoms with Gasteiger partial charge in [-0.1, -0.05) is 19.3 Å². The number of carbonyl (C=O) groups excluding carboxylic acids is 1. The summed E-state index contributed by atoms with van der Waals surface area (Å²) >= 11 is 0. The van der Waals surface area contributed by atoms with Crippen molar-refractivity contribution in [2.24, 2.45) is 16.8 Å². The summed E-state index contributed by atoms with van der Waals surface area (Å²) in [4.78, 5) is 17.8. The van der Waals surface area contributed by atoms with E-state index in [1.807, 2.05) is 0 Å². The van der Waals surface area contributed by atoms with Gasteiger partial charge in [-0.25, -0.2) is 4.99 Å². The van der Waals surface area contributed by atoms with Gasteiger partial charge in [-0.3, -0.25) is 4.79 Å². The molecule has 2 aliphatic carbocycles. The van der Waals surface area contributed by atoms with Gasteiger partial charge in [0.15, 0.2) is 5.96 Å². The van der Waals surface area contributed by atoms with Crippen LogP contribution in [0.25, 0.3) is 0 Å². The minimum absolute atomic E-state index is 0.0166. The first-order chi connectivity index (χ1) is 11.6. The Morgan fingerprint density at radius 2 is 1.92 bits per heavy atom. The summed E-state index contributed by atoms with van der Waals surface area (Å²) in [5, 5.41) is 16.1. The van der Waals surface area contributed by atoms with Gasteiger partial charge in [0.2, 0.25) is 5.91 Å². The molecular formula is C18H31N5O. The zero-order valence-electron chi connectivity index (χ0n) is 15.1. The van der Waals surface area contributed by atoms with Crippen LogP contribution in [0.4, 0.5) is 0 Å². The van der Waals surface area contributed by atoms with Crippen LogP contribution in [-0.4, -0.2) is 50.0 Å². The predicted octanol–water partition coefficient (Wildman–Crippen LogP) is 1.88. The molecule has 0 spiro atoms. The largest absolute Gasteiger partial charge is 0.356 e. The molecule has 2 fully saturated rings. The van der Waals surface area contributed by atoms with E-state index in [0.29, 0.717) is 11.9 Å². The number of amides is 1. The molecule has 0 aliphatic heterocycles. The van der Waals surface area contributed by atoms with E-state index < -0.39 is 0 Å². The number of carbonyl (C=O) groups is 1. The predicted molar refractivity (Wildman–Crippen MR) is 95.5 cm³/mol. The molecule has 0 bridgehead atoms. The van der Waals surface area contributed by atoms with E-state index in [1.165, 1.54) is 32.1 Å². The molecule has 1 amide bonds. The number of hydrogen-bond donors (Lipinski definition) is 2. The maximum Gasteiger partial charge on any atom is 0.243 e. The van der Waals surface area contributed by atoms with Crippen LogP contribution in [0.15, 0.2) is 4.99 Å². The zero-order valence-corrected chi connectivity index (χ0v) is 15.1. The van der Waals surface area contributed by atoms with Gasteiger partial charge in [0.25, 0.3) is 0 Å². The molecule has 6 nitrogen and oxygen atoms in total. The molecule has 0 radical (unpaired) electrons. The SMILES string of the molecule is CN(C)C(=O)CN=C(NCC1CCCCC1)NC1CCCC1C#N. The second-order valence-corrected chi connectivity index (χ2v) is 7.26. The van der Waals surface area contributed by atoms with Gasteiger partial charge in [0, 0.05) is 26.7 Å². The second kappa shape index (κ2) is 9.51. The number of rotatable bonds is 5. The molecule has 0 aromatic carbocycles. The van der Waals surface area contributed by atoms with Crippen molar-refractivity contribution in [2.75, 3.05) is 27.2 Å². The van der Waals surface area contributed by atoms with Gasteiger partial charge in [-0.05, 0) is 38.0 Å². The normalized spacial score (nSPS) is 25.1. The number of nitriles is 1. The summed E-state index contributed by atoms with van der Waals surface area (Å²) in [6.07, 6.45) is 9.50. The number of nitrogens with zero attached hydrogens (tertiary/aromatic N) is 3. The fraction of sp³-hybridized carbons (Fsp3) is 0.833. The Labute approximate surface area is 145 Å². The number of hydrogen-bond acceptors (Lipinski definition) is 3. The molecule has 0 heterocycles. The lowest BCUT2D eigenvalue weighted by atomic mass is 9.89. The summed E-state index contributed by atoms with van der Waals surface area (Å²) in [5.41, 5.74) is 0. The average Bonchev–Trinajstić information content (AvgIpc) is 3.04. The first kappa shape index (κ1) is 18.6. The maximum atomic E-state index is 11.8. The van der Waals surface area contributed by atoms with E-state index in [-0.39, 0.29) is 24.4 Å². The van der Waals surface area contributed by atoms with Gasteiger partial charge in [0.1, 0.15) is 6.54 Å². The third kappa shape index (κ3) is 5.70. The zero-order chi connectivity index (χ0) is 17.4. The molecule has 0 aromatic rings. The van der Waals surface area contributed by atoms with Crippen molar-refractivity contribution in [3.05, 3.63) is 0 Å². The van der Waals surface area contributed by atoms with Crippen LogP contribution < -0.4 is 10.6 Å². The smallest absolute Gasteiger partial charge is 0.243 e. The van der Waals surface area contributed by atoms with E-state index in [4.69, 9.17) is 0 Å². The molecule has 2 N–H and O–H groups in total. The lowest BCUT2D eigenvalue weighted by Crippen LogP contribution is -2.46.